The molecule has 2 amide bonds. The molecule has 0 spiro atoms. The highest BCUT2D eigenvalue weighted by molar-refractivity contribution is 5.84. The molecule has 0 unspecified atom stereocenters. The lowest BCUT2D eigenvalue weighted by Gasteiger charge is -2.44. The van der Waals surface area contributed by atoms with Gasteiger partial charge in [0.25, 0.3) is 0 Å². The minimum Gasteiger partial charge on any atom is -0.377 e. The summed E-state index contributed by atoms with van der Waals surface area (Å²) < 4.78 is 5.60. The van der Waals surface area contributed by atoms with Gasteiger partial charge < -0.3 is 30.5 Å². The van der Waals surface area contributed by atoms with Gasteiger partial charge in [-0.15, -0.1) is 0 Å². The van der Waals surface area contributed by atoms with E-state index in [1.165, 1.54) is 6.92 Å². The van der Waals surface area contributed by atoms with Crippen LogP contribution in [0.15, 0.2) is 12.4 Å². The summed E-state index contributed by atoms with van der Waals surface area (Å²) in [6, 6.07) is 0.325. The van der Waals surface area contributed by atoms with E-state index < -0.39 is 0 Å². The molecule has 0 aliphatic carbocycles. The number of morpholine rings is 1. The van der Waals surface area contributed by atoms with Crippen molar-refractivity contribution in [2.45, 2.75) is 32.4 Å². The summed E-state index contributed by atoms with van der Waals surface area (Å²) >= 11 is 0. The predicted molar refractivity (Wildman–Crippen MR) is 125 cm³/mol. The third kappa shape index (κ3) is 4.20. The van der Waals surface area contributed by atoms with Gasteiger partial charge in [-0.2, -0.15) is 4.98 Å². The number of hydrogen-bond acceptors (Lipinski definition) is 10. The van der Waals surface area contributed by atoms with Crippen molar-refractivity contribution >= 4 is 29.5 Å². The molecule has 12 nitrogen and oxygen atoms in total. The summed E-state index contributed by atoms with van der Waals surface area (Å²) in [5.74, 6) is 1.49. The van der Waals surface area contributed by atoms with E-state index in [1.54, 1.807) is 17.3 Å². The van der Waals surface area contributed by atoms with Crippen LogP contribution in [0, 0.1) is 0 Å². The molecule has 180 valence electrons. The fraction of sp³-hybridized carbons (Fsp3) is 0.545. The molecule has 2 saturated heterocycles. The largest absolute Gasteiger partial charge is 0.377 e. The number of likely N-dealkylation sites (tertiary alicyclic amines) is 1. The van der Waals surface area contributed by atoms with Crippen molar-refractivity contribution in [3.8, 4) is 11.3 Å². The minimum atomic E-state index is -0.209. The van der Waals surface area contributed by atoms with E-state index in [0.29, 0.717) is 38.8 Å². The van der Waals surface area contributed by atoms with Gasteiger partial charge in [-0.1, -0.05) is 0 Å². The zero-order valence-electron chi connectivity index (χ0n) is 19.4. The number of nitrogens with two attached hydrogens (primary N) is 1. The first-order chi connectivity index (χ1) is 16.4. The molecule has 0 radical (unpaired) electrons. The Bertz CT molecular complexity index is 1090. The maximum atomic E-state index is 12.3. The molecule has 3 aliphatic rings. The van der Waals surface area contributed by atoms with Crippen LogP contribution in [0.4, 0.5) is 17.7 Å². The smallest absolute Gasteiger partial charge is 0.242 e. The van der Waals surface area contributed by atoms with E-state index in [0.717, 1.165) is 35.6 Å². The number of fused-ring (bicyclic) bond motifs is 1. The monoisotopic (exact) mass is 467 g/mol. The second kappa shape index (κ2) is 9.01. The number of anilines is 3. The molecule has 1 atom stereocenters. The van der Waals surface area contributed by atoms with E-state index in [-0.39, 0.29) is 36.4 Å². The first kappa shape index (κ1) is 22.3. The van der Waals surface area contributed by atoms with Crippen molar-refractivity contribution in [1.82, 2.24) is 30.2 Å². The number of nitrogens with one attached hydrogen (secondary N) is 1. The Morgan fingerprint density at radius 1 is 1.18 bits per heavy atom. The minimum absolute atomic E-state index is 0.0289. The molecule has 2 aromatic rings. The summed E-state index contributed by atoms with van der Waals surface area (Å²) in [4.78, 5) is 47.9. The van der Waals surface area contributed by atoms with E-state index in [9.17, 15) is 9.59 Å². The van der Waals surface area contributed by atoms with Crippen LogP contribution in [0.2, 0.25) is 0 Å². The van der Waals surface area contributed by atoms with Crippen molar-refractivity contribution in [1.29, 1.82) is 0 Å². The van der Waals surface area contributed by atoms with Gasteiger partial charge in [0.15, 0.2) is 0 Å². The Labute approximate surface area is 197 Å². The molecule has 0 bridgehead atoms. The van der Waals surface area contributed by atoms with Crippen LogP contribution in [-0.2, 0) is 20.7 Å². The first-order valence-electron chi connectivity index (χ1n) is 11.5. The Balaban J connectivity index is 1.43. The van der Waals surface area contributed by atoms with Gasteiger partial charge in [0.2, 0.25) is 23.7 Å². The van der Waals surface area contributed by atoms with Gasteiger partial charge in [0.05, 0.1) is 37.5 Å². The average Bonchev–Trinajstić information content (AvgIpc) is 3.20. The van der Waals surface area contributed by atoms with E-state index in [2.05, 4.69) is 32.0 Å². The lowest BCUT2D eigenvalue weighted by atomic mass is 10.1. The SMILES string of the molecule is CC(=O)NCC(=O)N1CC(N2CCc3c(-c4cnc(N)nc4)nc(N4CCOC[C@@H]4C)nc32)C1. The third-order valence-electron chi connectivity index (χ3n) is 6.56. The number of aromatic nitrogens is 4. The fourth-order valence-corrected chi connectivity index (χ4v) is 4.64. The Kier molecular flexibility index (Phi) is 5.90. The summed E-state index contributed by atoms with van der Waals surface area (Å²) in [6.45, 7) is 7.51. The number of hydrogen-bond donors (Lipinski definition) is 2. The summed E-state index contributed by atoms with van der Waals surface area (Å²) in [5.41, 5.74) is 8.38. The van der Waals surface area contributed by atoms with Crippen LogP contribution >= 0.6 is 0 Å². The number of rotatable bonds is 5. The third-order valence-corrected chi connectivity index (χ3v) is 6.56. The van der Waals surface area contributed by atoms with Crippen LogP contribution in [0.1, 0.15) is 19.4 Å². The highest BCUT2D eigenvalue weighted by Crippen LogP contribution is 2.38. The fourth-order valence-electron chi connectivity index (χ4n) is 4.64. The second-order valence-corrected chi connectivity index (χ2v) is 8.93. The highest BCUT2D eigenvalue weighted by Gasteiger charge is 2.40. The number of carbonyl (C=O) groups excluding carboxylic acids is 2. The summed E-state index contributed by atoms with van der Waals surface area (Å²) in [7, 11) is 0. The van der Waals surface area contributed by atoms with Crippen molar-refractivity contribution < 1.29 is 14.3 Å². The zero-order valence-corrected chi connectivity index (χ0v) is 19.4. The van der Waals surface area contributed by atoms with Crippen molar-refractivity contribution in [3.63, 3.8) is 0 Å². The molecule has 2 aromatic heterocycles. The second-order valence-electron chi connectivity index (χ2n) is 8.93. The van der Waals surface area contributed by atoms with Gasteiger partial charge in [0.1, 0.15) is 5.82 Å². The molecular formula is C22H29N9O3. The number of amides is 2. The van der Waals surface area contributed by atoms with Gasteiger partial charge in [0, 0.05) is 56.6 Å². The lowest BCUT2D eigenvalue weighted by Crippen LogP contribution is -2.62. The highest BCUT2D eigenvalue weighted by atomic mass is 16.5. The lowest BCUT2D eigenvalue weighted by molar-refractivity contribution is -0.136. The van der Waals surface area contributed by atoms with E-state index in [1.807, 2.05) is 0 Å². The van der Waals surface area contributed by atoms with Crippen molar-refractivity contribution in [2.75, 3.05) is 61.5 Å². The van der Waals surface area contributed by atoms with Crippen LogP contribution in [0.3, 0.4) is 0 Å². The van der Waals surface area contributed by atoms with Gasteiger partial charge >= 0.3 is 0 Å². The maximum Gasteiger partial charge on any atom is 0.242 e. The molecule has 0 saturated carbocycles. The standard InChI is InChI=1S/C22H29N9O3/c1-13-12-34-6-5-30(13)22-27-19(15-7-25-21(23)26-8-15)17-3-4-31(20(17)28-22)16-10-29(11-16)18(33)9-24-14(2)32/h7-8,13,16H,3-6,9-12H2,1-2H3,(H,24,32)(H2,23,25,26)/t13-/m0/s1. The average molecular weight is 468 g/mol. The summed E-state index contributed by atoms with van der Waals surface area (Å²) in [6.07, 6.45) is 4.20. The molecule has 12 heteroatoms. The molecule has 0 aromatic carbocycles. The maximum absolute atomic E-state index is 12.3. The number of nitrogen functional groups attached to an aromatic ring is 1. The Morgan fingerprint density at radius 2 is 1.94 bits per heavy atom. The van der Waals surface area contributed by atoms with Gasteiger partial charge in [-0.3, -0.25) is 9.59 Å². The van der Waals surface area contributed by atoms with Crippen LogP contribution in [-0.4, -0.2) is 94.7 Å². The van der Waals surface area contributed by atoms with E-state index in [4.69, 9.17) is 20.4 Å². The molecule has 3 aliphatic heterocycles. The van der Waals surface area contributed by atoms with Gasteiger partial charge in [-0.05, 0) is 13.3 Å². The Morgan fingerprint density at radius 3 is 2.65 bits per heavy atom. The quantitative estimate of drug-likeness (QED) is 0.588. The van der Waals surface area contributed by atoms with Crippen LogP contribution < -0.4 is 20.9 Å². The van der Waals surface area contributed by atoms with E-state index >= 15 is 0 Å². The first-order valence-corrected chi connectivity index (χ1v) is 11.5. The normalized spacial score (nSPS) is 20.2. The molecule has 5 rings (SSSR count). The van der Waals surface area contributed by atoms with Crippen molar-refractivity contribution in [2.24, 2.45) is 0 Å². The zero-order chi connectivity index (χ0) is 23.8. The molecular weight excluding hydrogens is 438 g/mol. The molecule has 5 heterocycles. The Hall–Kier alpha value is -3.54. The predicted octanol–water partition coefficient (Wildman–Crippen LogP) is -0.550. The summed E-state index contributed by atoms with van der Waals surface area (Å²) in [5, 5.41) is 2.57. The number of carbonyl (C=O) groups is 2. The van der Waals surface area contributed by atoms with Crippen molar-refractivity contribution in [3.05, 3.63) is 18.0 Å². The molecule has 2 fully saturated rings. The van der Waals surface area contributed by atoms with Gasteiger partial charge in [-0.25, -0.2) is 15.0 Å². The van der Waals surface area contributed by atoms with Crippen LogP contribution in [0.25, 0.3) is 11.3 Å². The molecule has 34 heavy (non-hydrogen) atoms. The number of nitrogens with zero attached hydrogens (tertiary/aromatic N) is 7. The number of ether oxygens (including phenoxy) is 1. The molecule has 3 N–H and O–H groups in total. The topological polar surface area (TPSA) is 143 Å². The van der Waals surface area contributed by atoms with Crippen LogP contribution in [0.5, 0.6) is 0 Å².